The third kappa shape index (κ3) is 2.69. The highest BCUT2D eigenvalue weighted by Gasteiger charge is 1.92. The van der Waals surface area contributed by atoms with Gasteiger partial charge in [0.15, 0.2) is 0 Å². The van der Waals surface area contributed by atoms with E-state index in [9.17, 15) is 0 Å². The quantitative estimate of drug-likeness (QED) is 0.728. The largest absolute Gasteiger partial charge is 0.390 e. The van der Waals surface area contributed by atoms with E-state index in [-0.39, 0.29) is 6.61 Å². The molecule has 2 heteroatoms. The molecular formula is C14H11NO. The zero-order valence-corrected chi connectivity index (χ0v) is 8.72. The summed E-state index contributed by atoms with van der Waals surface area (Å²) < 4.78 is 0. The summed E-state index contributed by atoms with van der Waals surface area (Å²) >= 11 is 0. The zero-order chi connectivity index (χ0) is 11.2. The van der Waals surface area contributed by atoms with E-state index in [4.69, 9.17) is 5.11 Å². The number of rotatable bonds is 1. The van der Waals surface area contributed by atoms with Gasteiger partial charge in [0.25, 0.3) is 0 Å². The predicted molar refractivity (Wildman–Crippen MR) is 62.6 cm³/mol. The molecule has 2 aromatic rings. The van der Waals surface area contributed by atoms with Crippen molar-refractivity contribution in [2.24, 2.45) is 0 Å². The van der Waals surface area contributed by atoms with Crippen molar-refractivity contribution in [1.82, 2.24) is 4.98 Å². The Morgan fingerprint density at radius 2 is 1.75 bits per heavy atom. The topological polar surface area (TPSA) is 33.1 Å². The van der Waals surface area contributed by atoms with Crippen LogP contribution in [-0.2, 0) is 6.61 Å². The molecule has 0 aliphatic heterocycles. The van der Waals surface area contributed by atoms with Crippen molar-refractivity contribution in [3.8, 4) is 11.8 Å². The number of aliphatic hydroxyl groups is 1. The Labute approximate surface area is 94.6 Å². The van der Waals surface area contributed by atoms with E-state index in [2.05, 4.69) is 16.8 Å². The summed E-state index contributed by atoms with van der Waals surface area (Å²) in [6, 6.07) is 15.2. The van der Waals surface area contributed by atoms with Crippen molar-refractivity contribution in [3.05, 3.63) is 65.5 Å². The van der Waals surface area contributed by atoms with E-state index in [1.54, 1.807) is 6.07 Å². The highest BCUT2D eigenvalue weighted by atomic mass is 16.3. The molecule has 1 heterocycles. The van der Waals surface area contributed by atoms with Crippen LogP contribution in [0, 0.1) is 11.8 Å². The SMILES string of the molecule is OCc1cccc(C#Cc2ccccc2)n1. The molecule has 1 aromatic carbocycles. The maximum atomic E-state index is 8.94. The van der Waals surface area contributed by atoms with Crippen LogP contribution in [-0.4, -0.2) is 10.1 Å². The molecule has 78 valence electrons. The number of aliphatic hydroxyl groups excluding tert-OH is 1. The molecular weight excluding hydrogens is 198 g/mol. The molecule has 0 fully saturated rings. The summed E-state index contributed by atoms with van der Waals surface area (Å²) in [5.41, 5.74) is 2.27. The fraction of sp³-hybridized carbons (Fsp3) is 0.0714. The molecule has 0 bridgehead atoms. The lowest BCUT2D eigenvalue weighted by molar-refractivity contribution is 0.277. The van der Waals surface area contributed by atoms with Crippen molar-refractivity contribution in [1.29, 1.82) is 0 Å². The summed E-state index contributed by atoms with van der Waals surface area (Å²) in [4.78, 5) is 4.18. The van der Waals surface area contributed by atoms with E-state index in [0.717, 1.165) is 5.56 Å². The number of nitrogens with zero attached hydrogens (tertiary/aromatic N) is 1. The average molecular weight is 209 g/mol. The maximum absolute atomic E-state index is 8.94. The second-order valence-electron chi connectivity index (χ2n) is 3.29. The first kappa shape index (κ1) is 10.4. The lowest BCUT2D eigenvalue weighted by atomic mass is 10.2. The number of pyridine rings is 1. The molecule has 1 aromatic heterocycles. The van der Waals surface area contributed by atoms with Crippen LogP contribution >= 0.6 is 0 Å². The second kappa shape index (κ2) is 5.11. The standard InChI is InChI=1S/C14H11NO/c16-11-14-8-4-7-13(15-14)10-9-12-5-2-1-3-6-12/h1-8,16H,11H2. The average Bonchev–Trinajstić information content (AvgIpc) is 2.38. The smallest absolute Gasteiger partial charge is 0.113 e. The minimum absolute atomic E-state index is 0.0547. The van der Waals surface area contributed by atoms with Gasteiger partial charge < -0.3 is 5.11 Å². The molecule has 0 aliphatic carbocycles. The van der Waals surface area contributed by atoms with Crippen molar-refractivity contribution in [2.75, 3.05) is 0 Å². The van der Waals surface area contributed by atoms with Crippen molar-refractivity contribution >= 4 is 0 Å². The Morgan fingerprint density at radius 1 is 0.938 bits per heavy atom. The van der Waals surface area contributed by atoms with Crippen LogP contribution in [0.5, 0.6) is 0 Å². The fourth-order valence-electron chi connectivity index (χ4n) is 1.29. The van der Waals surface area contributed by atoms with Gasteiger partial charge in [-0.2, -0.15) is 0 Å². The Hall–Kier alpha value is -2.11. The third-order valence-corrected chi connectivity index (χ3v) is 2.08. The summed E-state index contributed by atoms with van der Waals surface area (Å²) in [7, 11) is 0. The van der Waals surface area contributed by atoms with Gasteiger partial charge in [-0.25, -0.2) is 4.98 Å². The zero-order valence-electron chi connectivity index (χ0n) is 8.72. The van der Waals surface area contributed by atoms with E-state index < -0.39 is 0 Å². The molecule has 2 rings (SSSR count). The van der Waals surface area contributed by atoms with Crippen molar-refractivity contribution < 1.29 is 5.11 Å². The van der Waals surface area contributed by atoms with Crippen LogP contribution < -0.4 is 0 Å². The van der Waals surface area contributed by atoms with Crippen LogP contribution in [0.2, 0.25) is 0 Å². The van der Waals surface area contributed by atoms with Gasteiger partial charge in [-0.1, -0.05) is 30.2 Å². The van der Waals surface area contributed by atoms with Gasteiger partial charge in [0.05, 0.1) is 12.3 Å². The van der Waals surface area contributed by atoms with Gasteiger partial charge in [0.2, 0.25) is 0 Å². The number of hydrogen-bond donors (Lipinski definition) is 1. The molecule has 0 saturated carbocycles. The number of hydrogen-bond acceptors (Lipinski definition) is 2. The minimum Gasteiger partial charge on any atom is -0.390 e. The molecule has 0 aliphatic rings. The number of aromatic nitrogens is 1. The Morgan fingerprint density at radius 3 is 2.50 bits per heavy atom. The van der Waals surface area contributed by atoms with Crippen LogP contribution in [0.25, 0.3) is 0 Å². The number of benzene rings is 1. The molecule has 2 nitrogen and oxygen atoms in total. The monoisotopic (exact) mass is 209 g/mol. The molecule has 0 amide bonds. The van der Waals surface area contributed by atoms with Gasteiger partial charge in [0, 0.05) is 5.56 Å². The van der Waals surface area contributed by atoms with Gasteiger partial charge in [0.1, 0.15) is 5.69 Å². The molecule has 0 unspecified atom stereocenters. The highest BCUT2D eigenvalue weighted by Crippen LogP contribution is 1.99. The lowest BCUT2D eigenvalue weighted by Gasteiger charge is -1.94. The molecule has 0 atom stereocenters. The summed E-state index contributed by atoms with van der Waals surface area (Å²) in [5.74, 6) is 5.98. The Kier molecular flexibility index (Phi) is 3.32. The van der Waals surface area contributed by atoms with Crippen LogP contribution in [0.4, 0.5) is 0 Å². The normalized spacial score (nSPS) is 9.31. The molecule has 0 saturated heterocycles. The van der Waals surface area contributed by atoms with E-state index in [0.29, 0.717) is 11.4 Å². The van der Waals surface area contributed by atoms with Crippen LogP contribution in [0.3, 0.4) is 0 Å². The van der Waals surface area contributed by atoms with Crippen LogP contribution in [0.1, 0.15) is 17.0 Å². The van der Waals surface area contributed by atoms with Gasteiger partial charge in [-0.3, -0.25) is 0 Å². The Balaban J connectivity index is 2.24. The summed E-state index contributed by atoms with van der Waals surface area (Å²) in [5, 5.41) is 8.94. The molecule has 16 heavy (non-hydrogen) atoms. The highest BCUT2D eigenvalue weighted by molar-refractivity contribution is 5.39. The second-order valence-corrected chi connectivity index (χ2v) is 3.29. The first-order valence-electron chi connectivity index (χ1n) is 5.02. The van der Waals surface area contributed by atoms with Gasteiger partial charge in [-0.15, -0.1) is 0 Å². The lowest BCUT2D eigenvalue weighted by Crippen LogP contribution is -1.90. The predicted octanol–water partition coefficient (Wildman–Crippen LogP) is 1.97. The van der Waals surface area contributed by atoms with Gasteiger partial charge in [-0.05, 0) is 30.2 Å². The molecule has 0 spiro atoms. The molecule has 0 radical (unpaired) electrons. The first-order chi connectivity index (χ1) is 7.88. The van der Waals surface area contributed by atoms with E-state index >= 15 is 0 Å². The first-order valence-corrected chi connectivity index (χ1v) is 5.02. The van der Waals surface area contributed by atoms with Crippen LogP contribution in [0.15, 0.2) is 48.5 Å². The van der Waals surface area contributed by atoms with Crippen molar-refractivity contribution in [2.45, 2.75) is 6.61 Å². The fourth-order valence-corrected chi connectivity index (χ4v) is 1.29. The van der Waals surface area contributed by atoms with E-state index in [1.807, 2.05) is 42.5 Å². The summed E-state index contributed by atoms with van der Waals surface area (Å²) in [6.07, 6.45) is 0. The van der Waals surface area contributed by atoms with Gasteiger partial charge >= 0.3 is 0 Å². The molecule has 1 N–H and O–H groups in total. The van der Waals surface area contributed by atoms with E-state index in [1.165, 1.54) is 0 Å². The maximum Gasteiger partial charge on any atom is 0.113 e. The third-order valence-electron chi connectivity index (χ3n) is 2.08. The van der Waals surface area contributed by atoms with Crippen molar-refractivity contribution in [3.63, 3.8) is 0 Å². The minimum atomic E-state index is -0.0547. The Bertz CT molecular complexity index is 523. The summed E-state index contributed by atoms with van der Waals surface area (Å²) in [6.45, 7) is -0.0547.